The smallest absolute Gasteiger partial charge is 0.133 e. The van der Waals surface area contributed by atoms with Gasteiger partial charge in [-0.1, -0.05) is 41.9 Å². The Hall–Kier alpha value is -1.20. The minimum absolute atomic E-state index is 0.285. The first-order valence-corrected chi connectivity index (χ1v) is 8.81. The van der Waals surface area contributed by atoms with Crippen LogP contribution in [0.2, 0.25) is 5.02 Å². The van der Waals surface area contributed by atoms with Crippen LogP contribution in [0.1, 0.15) is 17.3 Å². The number of thiazole rings is 1. The van der Waals surface area contributed by atoms with Crippen molar-refractivity contribution in [1.29, 1.82) is 0 Å². The van der Waals surface area contributed by atoms with Gasteiger partial charge in [0.2, 0.25) is 0 Å². The van der Waals surface area contributed by atoms with Crippen molar-refractivity contribution in [2.75, 3.05) is 7.05 Å². The maximum absolute atomic E-state index is 5.98. The average molecular weight is 335 g/mol. The molecule has 3 aromatic rings. The number of rotatable bonds is 5. The number of benzene rings is 1. The summed E-state index contributed by atoms with van der Waals surface area (Å²) in [5.74, 6) is 0. The van der Waals surface area contributed by atoms with Crippen LogP contribution < -0.4 is 5.32 Å². The summed E-state index contributed by atoms with van der Waals surface area (Å²) in [6, 6.07) is 12.7. The molecule has 21 heavy (non-hydrogen) atoms. The minimum atomic E-state index is 0.285. The van der Waals surface area contributed by atoms with E-state index < -0.39 is 0 Å². The molecule has 0 saturated carbocycles. The fraction of sp³-hybridized carbons (Fsp3) is 0.188. The Morgan fingerprint density at radius 3 is 2.67 bits per heavy atom. The highest BCUT2D eigenvalue weighted by Crippen LogP contribution is 2.32. The second kappa shape index (κ2) is 6.71. The predicted molar refractivity (Wildman–Crippen MR) is 92.4 cm³/mol. The molecule has 0 radical (unpaired) electrons. The van der Waals surface area contributed by atoms with Gasteiger partial charge in [-0.3, -0.25) is 0 Å². The quantitative estimate of drug-likeness (QED) is 0.708. The van der Waals surface area contributed by atoms with Gasteiger partial charge in [-0.15, -0.1) is 22.7 Å². The normalized spacial score (nSPS) is 12.5. The Labute approximate surface area is 137 Å². The van der Waals surface area contributed by atoms with Gasteiger partial charge in [0, 0.05) is 23.2 Å². The number of likely N-dealkylation sites (N-methyl/N-ethyl adjacent to an activating group) is 1. The molecule has 0 bridgehead atoms. The van der Waals surface area contributed by atoms with E-state index in [0.717, 1.165) is 27.0 Å². The number of thiophene rings is 1. The molecular weight excluding hydrogens is 320 g/mol. The summed E-state index contributed by atoms with van der Waals surface area (Å²) in [6.45, 7) is 0. The molecule has 2 heterocycles. The molecule has 0 aliphatic carbocycles. The number of halogens is 1. The van der Waals surface area contributed by atoms with Crippen LogP contribution in [0.3, 0.4) is 0 Å². The highest BCUT2D eigenvalue weighted by atomic mass is 35.5. The molecule has 0 aliphatic rings. The van der Waals surface area contributed by atoms with Gasteiger partial charge in [-0.2, -0.15) is 0 Å². The number of nitrogens with one attached hydrogen (secondary N) is 1. The van der Waals surface area contributed by atoms with Crippen molar-refractivity contribution in [3.05, 3.63) is 63.4 Å². The van der Waals surface area contributed by atoms with E-state index >= 15 is 0 Å². The lowest BCUT2D eigenvalue weighted by Crippen LogP contribution is -2.18. The molecule has 2 aromatic heterocycles. The summed E-state index contributed by atoms with van der Waals surface area (Å²) < 4.78 is 0. The van der Waals surface area contributed by atoms with Gasteiger partial charge >= 0.3 is 0 Å². The third-order valence-corrected chi connectivity index (χ3v) is 5.63. The van der Waals surface area contributed by atoms with E-state index in [1.807, 2.05) is 24.6 Å². The summed E-state index contributed by atoms with van der Waals surface area (Å²) in [5.41, 5.74) is 2.40. The molecule has 2 nitrogen and oxygen atoms in total. The molecule has 0 fully saturated rings. The van der Waals surface area contributed by atoms with E-state index in [1.54, 1.807) is 22.7 Å². The van der Waals surface area contributed by atoms with Gasteiger partial charge in [0.25, 0.3) is 0 Å². The topological polar surface area (TPSA) is 24.9 Å². The Morgan fingerprint density at radius 1 is 1.19 bits per heavy atom. The monoisotopic (exact) mass is 334 g/mol. The van der Waals surface area contributed by atoms with Crippen LogP contribution in [0.25, 0.3) is 9.88 Å². The zero-order valence-corrected chi connectivity index (χ0v) is 13.9. The molecule has 1 atom stereocenters. The Morgan fingerprint density at radius 2 is 2.00 bits per heavy atom. The number of hydrogen-bond acceptors (Lipinski definition) is 4. The maximum atomic E-state index is 5.98. The third-order valence-electron chi connectivity index (χ3n) is 3.29. The van der Waals surface area contributed by atoms with E-state index in [0.29, 0.717) is 0 Å². The summed E-state index contributed by atoms with van der Waals surface area (Å²) in [6.07, 6.45) is 0.885. The summed E-state index contributed by atoms with van der Waals surface area (Å²) in [5, 5.41) is 9.27. The van der Waals surface area contributed by atoms with Gasteiger partial charge < -0.3 is 5.32 Å². The van der Waals surface area contributed by atoms with Gasteiger partial charge in [0.1, 0.15) is 5.01 Å². The van der Waals surface area contributed by atoms with Crippen LogP contribution in [0.4, 0.5) is 0 Å². The van der Waals surface area contributed by atoms with Crippen LogP contribution in [-0.4, -0.2) is 12.0 Å². The molecule has 3 rings (SSSR count). The predicted octanol–water partition coefficient (Wildman–Crippen LogP) is 5.03. The van der Waals surface area contributed by atoms with Crippen molar-refractivity contribution >= 4 is 34.3 Å². The van der Waals surface area contributed by atoms with E-state index in [4.69, 9.17) is 16.6 Å². The molecule has 1 N–H and O–H groups in total. The van der Waals surface area contributed by atoms with Crippen molar-refractivity contribution < 1.29 is 0 Å². The highest BCUT2D eigenvalue weighted by Gasteiger charge is 2.13. The van der Waals surface area contributed by atoms with Crippen molar-refractivity contribution in [2.45, 2.75) is 12.5 Å². The Bertz CT molecular complexity index is 706. The van der Waals surface area contributed by atoms with Crippen molar-refractivity contribution in [3.63, 3.8) is 0 Å². The maximum Gasteiger partial charge on any atom is 0.133 e. The summed E-state index contributed by atoms with van der Waals surface area (Å²) in [7, 11) is 1.99. The minimum Gasteiger partial charge on any atom is -0.313 e. The molecule has 108 valence electrons. The van der Waals surface area contributed by atoms with Crippen molar-refractivity contribution in [1.82, 2.24) is 10.3 Å². The Kier molecular flexibility index (Phi) is 4.70. The van der Waals surface area contributed by atoms with Gasteiger partial charge in [0.15, 0.2) is 0 Å². The van der Waals surface area contributed by atoms with E-state index in [1.165, 1.54) is 5.56 Å². The Balaban J connectivity index is 1.77. The van der Waals surface area contributed by atoms with Gasteiger partial charge in [-0.25, -0.2) is 4.98 Å². The second-order valence-corrected chi connectivity index (χ2v) is 6.94. The van der Waals surface area contributed by atoms with Crippen molar-refractivity contribution in [2.24, 2.45) is 0 Å². The summed E-state index contributed by atoms with van der Waals surface area (Å²) in [4.78, 5) is 5.87. The highest BCUT2D eigenvalue weighted by molar-refractivity contribution is 7.20. The summed E-state index contributed by atoms with van der Waals surface area (Å²) >= 11 is 9.30. The van der Waals surface area contributed by atoms with Crippen LogP contribution in [0, 0.1) is 0 Å². The van der Waals surface area contributed by atoms with Gasteiger partial charge in [-0.05, 0) is 18.7 Å². The molecule has 1 aromatic carbocycles. The van der Waals surface area contributed by atoms with Crippen LogP contribution in [0.5, 0.6) is 0 Å². The molecular formula is C16H15ClN2S2. The van der Waals surface area contributed by atoms with Crippen molar-refractivity contribution in [3.8, 4) is 9.88 Å². The first kappa shape index (κ1) is 14.7. The largest absolute Gasteiger partial charge is 0.313 e. The molecule has 5 heteroatoms. The van der Waals surface area contributed by atoms with Crippen LogP contribution in [0.15, 0.2) is 47.2 Å². The number of hydrogen-bond donors (Lipinski definition) is 1. The fourth-order valence-electron chi connectivity index (χ4n) is 2.22. The third kappa shape index (κ3) is 3.52. The molecule has 0 aliphatic heterocycles. The van der Waals surface area contributed by atoms with Crippen LogP contribution >= 0.6 is 34.3 Å². The first-order valence-electron chi connectivity index (χ1n) is 6.67. The fourth-order valence-corrected chi connectivity index (χ4v) is 4.21. The standard InChI is InChI=1S/C16H15ClN2S2/c1-18-14(11-5-3-2-4-6-11)8-13-10-21-16(19-13)15-7-12(17)9-20-15/h2-7,9-10,14,18H,8H2,1H3. The number of aromatic nitrogens is 1. The van der Waals surface area contributed by atoms with E-state index in [-0.39, 0.29) is 6.04 Å². The lowest BCUT2D eigenvalue weighted by Gasteiger charge is -2.15. The molecule has 0 spiro atoms. The molecule has 0 amide bonds. The lowest BCUT2D eigenvalue weighted by atomic mass is 10.0. The van der Waals surface area contributed by atoms with E-state index in [9.17, 15) is 0 Å². The van der Waals surface area contributed by atoms with E-state index in [2.05, 4.69) is 35.0 Å². The second-order valence-electron chi connectivity index (χ2n) is 4.73. The number of nitrogens with zero attached hydrogens (tertiary/aromatic N) is 1. The molecule has 0 saturated heterocycles. The zero-order valence-electron chi connectivity index (χ0n) is 11.5. The SMILES string of the molecule is CNC(Cc1csc(-c2cc(Cl)cs2)n1)c1ccccc1. The zero-order chi connectivity index (χ0) is 14.7. The van der Waals surface area contributed by atoms with Gasteiger partial charge in [0.05, 0.1) is 15.6 Å². The molecule has 1 unspecified atom stereocenters. The lowest BCUT2D eigenvalue weighted by molar-refractivity contribution is 0.586. The first-order chi connectivity index (χ1) is 10.3. The van der Waals surface area contributed by atoms with Crippen LogP contribution in [-0.2, 0) is 6.42 Å². The average Bonchev–Trinajstić information content (AvgIpc) is 3.14.